The van der Waals surface area contributed by atoms with Gasteiger partial charge in [0.15, 0.2) is 0 Å². The van der Waals surface area contributed by atoms with Crippen molar-refractivity contribution in [1.82, 2.24) is 0 Å². The SMILES string of the molecule is CSCC(C)C(N)C1CCOC2(CCSCC2)C1. The summed E-state index contributed by atoms with van der Waals surface area (Å²) in [6.45, 7) is 3.23. The van der Waals surface area contributed by atoms with E-state index in [1.807, 2.05) is 11.8 Å². The molecule has 0 aromatic carbocycles. The van der Waals surface area contributed by atoms with Crippen LogP contribution in [0.3, 0.4) is 0 Å². The number of rotatable bonds is 4. The third-order valence-corrected chi connectivity index (χ3v) is 6.41. The lowest BCUT2D eigenvalue weighted by Crippen LogP contribution is -2.49. The van der Waals surface area contributed by atoms with Crippen LogP contribution in [-0.2, 0) is 4.74 Å². The molecule has 0 aromatic heterocycles. The minimum absolute atomic E-state index is 0.185. The van der Waals surface area contributed by atoms with Crippen molar-refractivity contribution in [2.45, 2.75) is 44.2 Å². The molecule has 18 heavy (non-hydrogen) atoms. The van der Waals surface area contributed by atoms with Gasteiger partial charge in [0.2, 0.25) is 0 Å². The predicted octanol–water partition coefficient (Wildman–Crippen LogP) is 3.01. The molecule has 1 spiro atoms. The Balaban J connectivity index is 1.93. The molecule has 2 heterocycles. The Bertz CT molecular complexity index is 251. The van der Waals surface area contributed by atoms with E-state index in [2.05, 4.69) is 24.9 Å². The van der Waals surface area contributed by atoms with E-state index in [9.17, 15) is 0 Å². The van der Waals surface area contributed by atoms with E-state index < -0.39 is 0 Å². The second kappa shape index (κ2) is 6.87. The third-order valence-electron chi connectivity index (χ3n) is 4.57. The molecule has 2 rings (SSSR count). The number of hydrogen-bond acceptors (Lipinski definition) is 4. The minimum Gasteiger partial charge on any atom is -0.375 e. The fourth-order valence-electron chi connectivity index (χ4n) is 3.32. The summed E-state index contributed by atoms with van der Waals surface area (Å²) in [7, 11) is 0. The lowest BCUT2D eigenvalue weighted by atomic mass is 9.76. The summed E-state index contributed by atoms with van der Waals surface area (Å²) in [6, 6.07) is 0.354. The zero-order valence-electron chi connectivity index (χ0n) is 11.7. The van der Waals surface area contributed by atoms with Gasteiger partial charge in [0.1, 0.15) is 0 Å². The second-order valence-electron chi connectivity index (χ2n) is 5.91. The molecule has 2 fully saturated rings. The predicted molar refractivity (Wildman–Crippen MR) is 83.5 cm³/mol. The zero-order valence-corrected chi connectivity index (χ0v) is 13.3. The highest BCUT2D eigenvalue weighted by Crippen LogP contribution is 2.41. The first kappa shape index (κ1) is 15.0. The summed E-state index contributed by atoms with van der Waals surface area (Å²) in [4.78, 5) is 0. The van der Waals surface area contributed by atoms with Gasteiger partial charge in [-0.25, -0.2) is 0 Å². The molecule has 106 valence electrons. The van der Waals surface area contributed by atoms with Crippen molar-refractivity contribution in [2.75, 3.05) is 30.1 Å². The molecule has 2 aliphatic heterocycles. The summed E-state index contributed by atoms with van der Waals surface area (Å²) in [5, 5.41) is 0. The Labute approximate surface area is 120 Å². The van der Waals surface area contributed by atoms with Gasteiger partial charge >= 0.3 is 0 Å². The molecule has 2 saturated heterocycles. The first-order valence-corrected chi connectivity index (χ1v) is 9.68. The van der Waals surface area contributed by atoms with Crippen LogP contribution in [0.5, 0.6) is 0 Å². The second-order valence-corrected chi connectivity index (χ2v) is 8.04. The highest BCUT2D eigenvalue weighted by molar-refractivity contribution is 7.99. The van der Waals surface area contributed by atoms with E-state index in [0.29, 0.717) is 17.9 Å². The Morgan fingerprint density at radius 2 is 2.17 bits per heavy atom. The van der Waals surface area contributed by atoms with E-state index in [-0.39, 0.29) is 5.60 Å². The molecule has 0 aromatic rings. The van der Waals surface area contributed by atoms with E-state index in [1.54, 1.807) is 0 Å². The number of hydrogen-bond donors (Lipinski definition) is 1. The van der Waals surface area contributed by atoms with E-state index in [0.717, 1.165) is 13.0 Å². The molecular formula is C14H27NOS2. The van der Waals surface area contributed by atoms with Crippen molar-refractivity contribution in [3.8, 4) is 0 Å². The van der Waals surface area contributed by atoms with Gasteiger partial charge in [0.25, 0.3) is 0 Å². The molecule has 0 bridgehead atoms. The quantitative estimate of drug-likeness (QED) is 0.863. The topological polar surface area (TPSA) is 35.2 Å². The van der Waals surface area contributed by atoms with Crippen LogP contribution in [0.2, 0.25) is 0 Å². The van der Waals surface area contributed by atoms with Crippen molar-refractivity contribution in [1.29, 1.82) is 0 Å². The fourth-order valence-corrected chi connectivity index (χ4v) is 5.31. The van der Waals surface area contributed by atoms with Crippen LogP contribution in [0, 0.1) is 11.8 Å². The van der Waals surface area contributed by atoms with Crippen molar-refractivity contribution in [3.63, 3.8) is 0 Å². The van der Waals surface area contributed by atoms with Crippen LogP contribution in [0.15, 0.2) is 0 Å². The standard InChI is InChI=1S/C14H27NOS2/c1-11(10-17-2)13(15)12-3-6-16-14(9-12)4-7-18-8-5-14/h11-13H,3-10,15H2,1-2H3. The summed E-state index contributed by atoms with van der Waals surface area (Å²) in [5.41, 5.74) is 6.68. The molecule has 4 heteroatoms. The summed E-state index contributed by atoms with van der Waals surface area (Å²) >= 11 is 3.99. The average Bonchev–Trinajstić information content (AvgIpc) is 2.39. The van der Waals surface area contributed by atoms with Gasteiger partial charge in [0.05, 0.1) is 5.60 Å². The fraction of sp³-hybridized carbons (Fsp3) is 1.00. The Morgan fingerprint density at radius 1 is 1.44 bits per heavy atom. The number of ether oxygens (including phenoxy) is 1. The molecule has 3 unspecified atom stereocenters. The normalized spacial score (nSPS) is 31.2. The first-order chi connectivity index (χ1) is 8.67. The molecule has 2 nitrogen and oxygen atoms in total. The molecule has 0 saturated carbocycles. The van der Waals surface area contributed by atoms with Crippen molar-refractivity contribution < 1.29 is 4.74 Å². The van der Waals surface area contributed by atoms with E-state index in [1.165, 1.54) is 36.5 Å². The van der Waals surface area contributed by atoms with Crippen LogP contribution in [0.25, 0.3) is 0 Å². The largest absolute Gasteiger partial charge is 0.375 e. The van der Waals surface area contributed by atoms with Crippen LogP contribution in [-0.4, -0.2) is 41.8 Å². The zero-order chi connectivity index (χ0) is 13.0. The smallest absolute Gasteiger partial charge is 0.0701 e. The van der Waals surface area contributed by atoms with Gasteiger partial charge in [0, 0.05) is 12.6 Å². The molecule has 0 aliphatic carbocycles. The van der Waals surface area contributed by atoms with Gasteiger partial charge < -0.3 is 10.5 Å². The molecular weight excluding hydrogens is 262 g/mol. The third kappa shape index (κ3) is 3.59. The molecule has 3 atom stereocenters. The number of nitrogens with two attached hydrogens (primary N) is 1. The lowest BCUT2D eigenvalue weighted by molar-refractivity contribution is -0.107. The highest BCUT2D eigenvalue weighted by Gasteiger charge is 2.41. The van der Waals surface area contributed by atoms with Gasteiger partial charge in [-0.15, -0.1) is 0 Å². The highest BCUT2D eigenvalue weighted by atomic mass is 32.2. The van der Waals surface area contributed by atoms with Gasteiger partial charge in [-0.05, 0) is 61.0 Å². The monoisotopic (exact) mass is 289 g/mol. The Morgan fingerprint density at radius 3 is 2.83 bits per heavy atom. The van der Waals surface area contributed by atoms with Crippen molar-refractivity contribution in [3.05, 3.63) is 0 Å². The van der Waals surface area contributed by atoms with E-state index >= 15 is 0 Å². The maximum absolute atomic E-state index is 6.49. The average molecular weight is 290 g/mol. The summed E-state index contributed by atoms with van der Waals surface area (Å²) < 4.78 is 6.15. The van der Waals surface area contributed by atoms with Crippen LogP contribution in [0.1, 0.15) is 32.6 Å². The maximum Gasteiger partial charge on any atom is 0.0701 e. The van der Waals surface area contributed by atoms with Crippen LogP contribution < -0.4 is 5.73 Å². The van der Waals surface area contributed by atoms with Gasteiger partial charge in [-0.2, -0.15) is 23.5 Å². The molecule has 0 amide bonds. The molecule has 2 aliphatic rings. The minimum atomic E-state index is 0.185. The first-order valence-electron chi connectivity index (χ1n) is 7.13. The van der Waals surface area contributed by atoms with Crippen LogP contribution >= 0.6 is 23.5 Å². The Kier molecular flexibility index (Phi) is 5.73. The Hall–Kier alpha value is 0.620. The lowest BCUT2D eigenvalue weighted by Gasteiger charge is -2.45. The molecule has 0 radical (unpaired) electrons. The van der Waals surface area contributed by atoms with Crippen LogP contribution in [0.4, 0.5) is 0 Å². The number of thioether (sulfide) groups is 2. The maximum atomic E-state index is 6.49. The van der Waals surface area contributed by atoms with Crippen molar-refractivity contribution >= 4 is 23.5 Å². The van der Waals surface area contributed by atoms with Gasteiger partial charge in [-0.1, -0.05) is 6.92 Å². The summed E-state index contributed by atoms with van der Waals surface area (Å²) in [6.07, 6.45) is 7.00. The van der Waals surface area contributed by atoms with E-state index in [4.69, 9.17) is 10.5 Å². The van der Waals surface area contributed by atoms with Gasteiger partial charge in [-0.3, -0.25) is 0 Å². The summed E-state index contributed by atoms with van der Waals surface area (Å²) in [5.74, 6) is 5.01. The molecule has 2 N–H and O–H groups in total. The van der Waals surface area contributed by atoms with Crippen molar-refractivity contribution in [2.24, 2.45) is 17.6 Å².